The van der Waals surface area contributed by atoms with E-state index in [2.05, 4.69) is 15.3 Å². The second-order valence-corrected chi connectivity index (χ2v) is 7.01. The molecule has 8 nitrogen and oxygen atoms in total. The van der Waals surface area contributed by atoms with Crippen LogP contribution in [0, 0.1) is 6.92 Å². The highest BCUT2D eigenvalue weighted by molar-refractivity contribution is 6.30. The number of nitrogens with one attached hydrogen (secondary N) is 1. The Kier molecular flexibility index (Phi) is 5.12. The van der Waals surface area contributed by atoms with Crippen molar-refractivity contribution in [2.45, 2.75) is 20.0 Å². The number of ether oxygens (including phenoxy) is 1. The van der Waals surface area contributed by atoms with Crippen LogP contribution in [-0.2, 0) is 9.53 Å². The molecular formula is C23H17N3O5. The Bertz CT molecular complexity index is 1230. The molecule has 0 bridgehead atoms. The van der Waals surface area contributed by atoms with Crippen LogP contribution in [0.5, 0.6) is 0 Å². The van der Waals surface area contributed by atoms with Crippen LogP contribution in [0.2, 0.25) is 0 Å². The molecule has 4 rings (SSSR count). The van der Waals surface area contributed by atoms with Crippen LogP contribution in [0.25, 0.3) is 0 Å². The average Bonchev–Trinajstić information content (AvgIpc) is 2.77. The fraction of sp³-hybridized carbons (Fsp3) is 0.130. The van der Waals surface area contributed by atoms with Crippen molar-refractivity contribution in [3.8, 4) is 0 Å². The lowest BCUT2D eigenvalue weighted by Crippen LogP contribution is -2.31. The third-order valence-corrected chi connectivity index (χ3v) is 4.85. The Morgan fingerprint density at radius 3 is 2.26 bits per heavy atom. The van der Waals surface area contributed by atoms with Gasteiger partial charge in [-0.15, -0.1) is 0 Å². The number of anilines is 1. The minimum atomic E-state index is -1.17. The number of benzene rings is 2. The standard InChI is InChI=1S/C23H17N3O5/c1-12-10-25-18(11-24-12)23(30)31-13(2)22(29)26-17-9-5-8-16-19(17)21(28)15-7-4-3-6-14(15)20(16)27/h3-11,13H,1-2H3,(H,26,29). The second-order valence-electron chi connectivity index (χ2n) is 7.01. The zero-order valence-corrected chi connectivity index (χ0v) is 16.7. The lowest BCUT2D eigenvalue weighted by atomic mass is 9.83. The van der Waals surface area contributed by atoms with Crippen molar-refractivity contribution in [3.05, 3.63) is 88.5 Å². The molecule has 1 N–H and O–H groups in total. The normalized spacial score (nSPS) is 13.1. The van der Waals surface area contributed by atoms with Crippen molar-refractivity contribution in [2.75, 3.05) is 5.32 Å². The van der Waals surface area contributed by atoms with Gasteiger partial charge in [-0.05, 0) is 19.9 Å². The number of carbonyl (C=O) groups excluding carboxylic acids is 4. The van der Waals surface area contributed by atoms with E-state index in [1.807, 2.05) is 0 Å². The van der Waals surface area contributed by atoms with Crippen LogP contribution in [0.3, 0.4) is 0 Å². The van der Waals surface area contributed by atoms with Gasteiger partial charge in [0.2, 0.25) is 0 Å². The molecule has 8 heteroatoms. The largest absolute Gasteiger partial charge is 0.448 e. The third kappa shape index (κ3) is 3.71. The summed E-state index contributed by atoms with van der Waals surface area (Å²) in [7, 11) is 0. The van der Waals surface area contributed by atoms with Crippen LogP contribution in [0.1, 0.15) is 54.9 Å². The van der Waals surface area contributed by atoms with E-state index in [4.69, 9.17) is 4.74 Å². The number of hydrogen-bond acceptors (Lipinski definition) is 7. The van der Waals surface area contributed by atoms with Gasteiger partial charge in [-0.2, -0.15) is 0 Å². The lowest BCUT2D eigenvalue weighted by Gasteiger charge is -2.21. The first-order valence-electron chi connectivity index (χ1n) is 9.48. The molecule has 0 spiro atoms. The lowest BCUT2D eigenvalue weighted by molar-refractivity contribution is -0.123. The summed E-state index contributed by atoms with van der Waals surface area (Å²) in [6, 6.07) is 11.2. The van der Waals surface area contributed by atoms with Gasteiger partial charge in [-0.3, -0.25) is 19.4 Å². The molecule has 0 saturated carbocycles. The highest BCUT2D eigenvalue weighted by Gasteiger charge is 2.32. The van der Waals surface area contributed by atoms with Crippen LogP contribution in [-0.4, -0.2) is 39.5 Å². The molecule has 0 aliphatic heterocycles. The van der Waals surface area contributed by atoms with Gasteiger partial charge in [0.15, 0.2) is 23.4 Å². The zero-order valence-electron chi connectivity index (χ0n) is 16.7. The molecule has 2 aromatic carbocycles. The number of aromatic nitrogens is 2. The molecular weight excluding hydrogens is 398 g/mol. The summed E-state index contributed by atoms with van der Waals surface area (Å²) >= 11 is 0. The zero-order chi connectivity index (χ0) is 22.1. The van der Waals surface area contributed by atoms with Crippen LogP contribution < -0.4 is 5.32 Å². The number of amides is 1. The van der Waals surface area contributed by atoms with Gasteiger partial charge in [-0.1, -0.05) is 36.4 Å². The number of hydrogen-bond donors (Lipinski definition) is 1. The van der Waals surface area contributed by atoms with Gasteiger partial charge >= 0.3 is 5.97 Å². The van der Waals surface area contributed by atoms with E-state index >= 15 is 0 Å². The minimum Gasteiger partial charge on any atom is -0.448 e. The first-order chi connectivity index (χ1) is 14.9. The van der Waals surface area contributed by atoms with Crippen molar-refractivity contribution < 1.29 is 23.9 Å². The monoisotopic (exact) mass is 415 g/mol. The number of esters is 1. The first-order valence-corrected chi connectivity index (χ1v) is 9.48. The predicted octanol–water partition coefficient (Wildman–Crippen LogP) is 2.74. The Morgan fingerprint density at radius 2 is 1.58 bits per heavy atom. The fourth-order valence-corrected chi connectivity index (χ4v) is 3.26. The molecule has 1 atom stereocenters. The Balaban J connectivity index is 1.55. The molecule has 154 valence electrons. The SMILES string of the molecule is Cc1cnc(C(=O)OC(C)C(=O)Nc2cccc3c2C(=O)c2ccccc2C3=O)cn1. The molecule has 1 aliphatic carbocycles. The molecule has 0 saturated heterocycles. The molecule has 3 aromatic rings. The van der Waals surface area contributed by atoms with E-state index < -0.39 is 18.0 Å². The van der Waals surface area contributed by atoms with Gasteiger partial charge in [0.25, 0.3) is 5.91 Å². The summed E-state index contributed by atoms with van der Waals surface area (Å²) in [5, 5.41) is 2.59. The van der Waals surface area contributed by atoms with E-state index in [1.165, 1.54) is 25.4 Å². The number of carbonyl (C=O) groups is 4. The number of rotatable bonds is 4. The molecule has 1 aliphatic rings. The van der Waals surface area contributed by atoms with Crippen LogP contribution >= 0.6 is 0 Å². The smallest absolute Gasteiger partial charge is 0.359 e. The quantitative estimate of drug-likeness (QED) is 0.510. The molecule has 1 unspecified atom stereocenters. The third-order valence-electron chi connectivity index (χ3n) is 4.85. The van der Waals surface area contributed by atoms with Gasteiger partial charge in [0, 0.05) is 22.9 Å². The van der Waals surface area contributed by atoms with Crippen molar-refractivity contribution in [1.82, 2.24) is 9.97 Å². The Hall–Kier alpha value is -4.20. The summed E-state index contributed by atoms with van der Waals surface area (Å²) in [5.41, 5.74) is 1.71. The van der Waals surface area contributed by atoms with Gasteiger partial charge < -0.3 is 10.1 Å². The van der Waals surface area contributed by atoms with Crippen molar-refractivity contribution in [2.24, 2.45) is 0 Å². The topological polar surface area (TPSA) is 115 Å². The number of ketones is 2. The summed E-state index contributed by atoms with van der Waals surface area (Å²) in [4.78, 5) is 58.5. The highest BCUT2D eigenvalue weighted by atomic mass is 16.5. The molecule has 1 aromatic heterocycles. The van der Waals surface area contributed by atoms with Crippen molar-refractivity contribution in [3.63, 3.8) is 0 Å². The maximum atomic E-state index is 13.0. The van der Waals surface area contributed by atoms with Crippen LogP contribution in [0.15, 0.2) is 54.9 Å². The van der Waals surface area contributed by atoms with Crippen molar-refractivity contribution in [1.29, 1.82) is 0 Å². The minimum absolute atomic E-state index is 0.0280. The van der Waals surface area contributed by atoms with Crippen LogP contribution in [0.4, 0.5) is 5.69 Å². The Labute approximate surface area is 177 Å². The molecule has 0 fully saturated rings. The van der Waals surface area contributed by atoms with Gasteiger partial charge in [0.05, 0.1) is 23.1 Å². The van der Waals surface area contributed by atoms with E-state index in [0.717, 1.165) is 0 Å². The second kappa shape index (κ2) is 7.91. The predicted molar refractivity (Wildman–Crippen MR) is 110 cm³/mol. The van der Waals surface area contributed by atoms with Crippen molar-refractivity contribution >= 4 is 29.1 Å². The Morgan fingerprint density at radius 1 is 0.903 bits per heavy atom. The van der Waals surface area contributed by atoms with E-state index in [1.54, 1.807) is 43.3 Å². The summed E-state index contributed by atoms with van der Waals surface area (Å²) in [5.74, 6) is -2.11. The molecule has 1 amide bonds. The maximum Gasteiger partial charge on any atom is 0.359 e. The molecule has 31 heavy (non-hydrogen) atoms. The van der Waals surface area contributed by atoms with E-state index in [-0.39, 0.29) is 39.6 Å². The maximum absolute atomic E-state index is 13.0. The van der Waals surface area contributed by atoms with E-state index in [9.17, 15) is 19.2 Å². The molecule has 0 radical (unpaired) electrons. The number of aryl methyl sites for hydroxylation is 1. The first kappa shape index (κ1) is 20.1. The number of fused-ring (bicyclic) bond motifs is 2. The van der Waals surface area contributed by atoms with Gasteiger partial charge in [-0.25, -0.2) is 9.78 Å². The summed E-state index contributed by atoms with van der Waals surface area (Å²) in [6.07, 6.45) is 1.50. The number of nitrogens with zero attached hydrogens (tertiary/aromatic N) is 2. The average molecular weight is 415 g/mol. The fourth-order valence-electron chi connectivity index (χ4n) is 3.26. The highest BCUT2D eigenvalue weighted by Crippen LogP contribution is 2.32. The summed E-state index contributed by atoms with van der Waals surface area (Å²) < 4.78 is 5.15. The van der Waals surface area contributed by atoms with E-state index in [0.29, 0.717) is 11.3 Å². The summed E-state index contributed by atoms with van der Waals surface area (Å²) in [6.45, 7) is 3.12. The molecule has 1 heterocycles. The van der Waals surface area contributed by atoms with Gasteiger partial charge in [0.1, 0.15) is 0 Å².